The van der Waals surface area contributed by atoms with E-state index < -0.39 is 0 Å². The van der Waals surface area contributed by atoms with E-state index in [0.717, 1.165) is 38.4 Å². The fraction of sp³-hybridized carbons (Fsp3) is 0.941. The topological polar surface area (TPSA) is 23.6 Å². The smallest absolute Gasteiger partial charge is 0.127 e. The number of likely N-dealkylation sites (N-methyl/N-ethyl adjacent to an activating group) is 2. The molecule has 1 unspecified atom stereocenters. The van der Waals surface area contributed by atoms with Gasteiger partial charge in [-0.1, -0.05) is 13.8 Å². The summed E-state index contributed by atoms with van der Waals surface area (Å²) in [5.41, 5.74) is -0.0586. The minimum Gasteiger partial charge on any atom is -0.304 e. The first-order chi connectivity index (χ1) is 9.58. The SMILES string of the molecule is CCN1CCCC1CN(C)CC1(C=O)CCC(C)CC1. The second kappa shape index (κ2) is 7.04. The maximum atomic E-state index is 11.6. The largest absolute Gasteiger partial charge is 0.304 e. The van der Waals surface area contributed by atoms with E-state index in [9.17, 15) is 4.79 Å². The van der Waals surface area contributed by atoms with Gasteiger partial charge >= 0.3 is 0 Å². The van der Waals surface area contributed by atoms with Gasteiger partial charge in [-0.15, -0.1) is 0 Å². The van der Waals surface area contributed by atoms with Crippen molar-refractivity contribution in [1.82, 2.24) is 9.80 Å². The Kier molecular flexibility index (Phi) is 5.62. The van der Waals surface area contributed by atoms with E-state index in [0.29, 0.717) is 6.04 Å². The van der Waals surface area contributed by atoms with Crippen LogP contribution in [0.2, 0.25) is 0 Å². The van der Waals surface area contributed by atoms with Crippen molar-refractivity contribution in [3.63, 3.8) is 0 Å². The Labute approximate surface area is 124 Å². The van der Waals surface area contributed by atoms with Crippen molar-refractivity contribution in [2.24, 2.45) is 11.3 Å². The number of carbonyl (C=O) groups excluding carboxylic acids is 1. The molecule has 0 amide bonds. The van der Waals surface area contributed by atoms with E-state index in [1.165, 1.54) is 38.5 Å². The number of nitrogens with zero attached hydrogens (tertiary/aromatic N) is 2. The number of hydrogen-bond donors (Lipinski definition) is 0. The Morgan fingerprint density at radius 3 is 2.60 bits per heavy atom. The van der Waals surface area contributed by atoms with E-state index in [2.05, 4.69) is 30.7 Å². The molecule has 3 nitrogen and oxygen atoms in total. The molecule has 1 saturated carbocycles. The van der Waals surface area contributed by atoms with Crippen molar-refractivity contribution in [3.8, 4) is 0 Å². The normalized spacial score (nSPS) is 35.6. The van der Waals surface area contributed by atoms with E-state index in [1.807, 2.05) is 0 Å². The van der Waals surface area contributed by atoms with Gasteiger partial charge < -0.3 is 9.69 Å². The van der Waals surface area contributed by atoms with Gasteiger partial charge in [0.15, 0.2) is 0 Å². The van der Waals surface area contributed by atoms with E-state index in [4.69, 9.17) is 0 Å². The molecule has 2 rings (SSSR count). The van der Waals surface area contributed by atoms with Crippen LogP contribution in [0.15, 0.2) is 0 Å². The zero-order valence-corrected chi connectivity index (χ0v) is 13.6. The monoisotopic (exact) mass is 280 g/mol. The molecule has 1 saturated heterocycles. The average Bonchev–Trinajstić information content (AvgIpc) is 2.88. The Morgan fingerprint density at radius 2 is 2.00 bits per heavy atom. The van der Waals surface area contributed by atoms with E-state index in [-0.39, 0.29) is 5.41 Å². The summed E-state index contributed by atoms with van der Waals surface area (Å²) in [6, 6.07) is 0.705. The van der Waals surface area contributed by atoms with Gasteiger partial charge in [0.25, 0.3) is 0 Å². The predicted octanol–water partition coefficient (Wildman–Crippen LogP) is 2.80. The first-order valence-corrected chi connectivity index (χ1v) is 8.47. The van der Waals surface area contributed by atoms with Crippen LogP contribution in [0.1, 0.15) is 52.4 Å². The highest BCUT2D eigenvalue weighted by Gasteiger charge is 2.35. The minimum absolute atomic E-state index is 0.0586. The first kappa shape index (κ1) is 16.0. The molecular weight excluding hydrogens is 248 g/mol. The standard InChI is InChI=1S/C17H32N2O/c1-4-19-11-5-6-16(19)12-18(3)13-17(14-20)9-7-15(2)8-10-17/h14-16H,4-13H2,1-3H3. The van der Waals surface area contributed by atoms with Crippen LogP contribution in [-0.4, -0.2) is 55.4 Å². The molecule has 1 aliphatic carbocycles. The van der Waals surface area contributed by atoms with Gasteiger partial charge in [-0.25, -0.2) is 0 Å². The zero-order chi connectivity index (χ0) is 14.6. The van der Waals surface area contributed by atoms with Crippen LogP contribution >= 0.6 is 0 Å². The van der Waals surface area contributed by atoms with Crippen molar-refractivity contribution >= 4 is 6.29 Å². The minimum atomic E-state index is -0.0586. The molecule has 1 atom stereocenters. The first-order valence-electron chi connectivity index (χ1n) is 8.47. The molecule has 0 aromatic heterocycles. The van der Waals surface area contributed by atoms with Crippen LogP contribution in [0.4, 0.5) is 0 Å². The predicted molar refractivity (Wildman–Crippen MR) is 83.9 cm³/mol. The summed E-state index contributed by atoms with van der Waals surface area (Å²) in [5.74, 6) is 0.804. The maximum Gasteiger partial charge on any atom is 0.127 e. The molecule has 1 aliphatic heterocycles. The number of rotatable bonds is 6. The second-order valence-corrected chi connectivity index (χ2v) is 7.28. The average molecular weight is 280 g/mol. The molecule has 0 aromatic rings. The highest BCUT2D eigenvalue weighted by molar-refractivity contribution is 5.60. The van der Waals surface area contributed by atoms with Gasteiger partial charge in [0.05, 0.1) is 0 Å². The maximum absolute atomic E-state index is 11.6. The zero-order valence-electron chi connectivity index (χ0n) is 13.6. The Morgan fingerprint density at radius 1 is 1.30 bits per heavy atom. The molecule has 3 heteroatoms. The lowest BCUT2D eigenvalue weighted by atomic mass is 9.71. The number of aldehydes is 1. The summed E-state index contributed by atoms with van der Waals surface area (Å²) in [6.07, 6.45) is 8.54. The summed E-state index contributed by atoms with van der Waals surface area (Å²) in [4.78, 5) is 16.7. The molecule has 1 heterocycles. The molecule has 0 aromatic carbocycles. The third-order valence-corrected chi connectivity index (χ3v) is 5.53. The molecule has 0 radical (unpaired) electrons. The van der Waals surface area contributed by atoms with Crippen LogP contribution in [0.3, 0.4) is 0 Å². The lowest BCUT2D eigenvalue weighted by Crippen LogP contribution is -2.45. The van der Waals surface area contributed by atoms with E-state index in [1.54, 1.807) is 0 Å². The molecule has 2 fully saturated rings. The Balaban J connectivity index is 1.86. The molecule has 20 heavy (non-hydrogen) atoms. The van der Waals surface area contributed by atoms with Crippen LogP contribution in [0, 0.1) is 11.3 Å². The third kappa shape index (κ3) is 3.82. The fourth-order valence-corrected chi connectivity index (χ4v) is 4.13. The van der Waals surface area contributed by atoms with Crippen molar-refractivity contribution in [2.45, 2.75) is 58.4 Å². The van der Waals surface area contributed by atoms with Crippen LogP contribution in [0.5, 0.6) is 0 Å². The van der Waals surface area contributed by atoms with Crippen molar-refractivity contribution in [2.75, 3.05) is 33.2 Å². The summed E-state index contributed by atoms with van der Waals surface area (Å²) in [6.45, 7) is 9.07. The van der Waals surface area contributed by atoms with Crippen LogP contribution in [-0.2, 0) is 4.79 Å². The van der Waals surface area contributed by atoms with Gasteiger partial charge in [-0.05, 0) is 64.6 Å². The van der Waals surface area contributed by atoms with Crippen molar-refractivity contribution in [3.05, 3.63) is 0 Å². The van der Waals surface area contributed by atoms with Crippen LogP contribution < -0.4 is 0 Å². The van der Waals surface area contributed by atoms with Gasteiger partial charge in [0.2, 0.25) is 0 Å². The molecule has 0 N–H and O–H groups in total. The van der Waals surface area contributed by atoms with E-state index >= 15 is 0 Å². The number of likely N-dealkylation sites (tertiary alicyclic amines) is 1. The van der Waals surface area contributed by atoms with Gasteiger partial charge in [0, 0.05) is 24.5 Å². The summed E-state index contributed by atoms with van der Waals surface area (Å²) >= 11 is 0. The number of carbonyl (C=O) groups is 1. The van der Waals surface area contributed by atoms with Gasteiger partial charge in [0.1, 0.15) is 6.29 Å². The van der Waals surface area contributed by atoms with Gasteiger partial charge in [-0.2, -0.15) is 0 Å². The number of hydrogen-bond acceptors (Lipinski definition) is 3. The lowest BCUT2D eigenvalue weighted by Gasteiger charge is -2.39. The Hall–Kier alpha value is -0.410. The van der Waals surface area contributed by atoms with Crippen molar-refractivity contribution in [1.29, 1.82) is 0 Å². The highest BCUT2D eigenvalue weighted by Crippen LogP contribution is 2.37. The quantitative estimate of drug-likeness (QED) is 0.699. The molecule has 0 bridgehead atoms. The molecule has 116 valence electrons. The third-order valence-electron chi connectivity index (χ3n) is 5.53. The summed E-state index contributed by atoms with van der Waals surface area (Å²) < 4.78 is 0. The van der Waals surface area contributed by atoms with Crippen molar-refractivity contribution < 1.29 is 4.79 Å². The van der Waals surface area contributed by atoms with Gasteiger partial charge in [-0.3, -0.25) is 4.90 Å². The highest BCUT2D eigenvalue weighted by atomic mass is 16.1. The fourth-order valence-electron chi connectivity index (χ4n) is 4.13. The lowest BCUT2D eigenvalue weighted by molar-refractivity contribution is -0.119. The second-order valence-electron chi connectivity index (χ2n) is 7.28. The molecule has 0 spiro atoms. The Bertz CT molecular complexity index is 310. The van der Waals surface area contributed by atoms with Crippen LogP contribution in [0.25, 0.3) is 0 Å². The summed E-state index contributed by atoms with van der Waals surface area (Å²) in [5, 5.41) is 0. The summed E-state index contributed by atoms with van der Waals surface area (Å²) in [7, 11) is 2.20. The molecular formula is C17H32N2O. The molecule has 2 aliphatic rings.